The third-order valence-electron chi connectivity index (χ3n) is 2.63. The summed E-state index contributed by atoms with van der Waals surface area (Å²) < 4.78 is 12.7. The van der Waals surface area contributed by atoms with Crippen LogP contribution in [0, 0.1) is 0 Å². The Hall–Kier alpha value is -1.80. The molecule has 0 amide bonds. The Balaban J connectivity index is 3.00. The Labute approximate surface area is 116 Å². The molecule has 100 valence electrons. The molecule has 0 spiro atoms. The first kappa shape index (κ1) is 15.3. The van der Waals surface area contributed by atoms with Crippen molar-refractivity contribution in [3.8, 4) is 0 Å². The smallest absolute Gasteiger partial charge is 0.0452 e. The normalized spacial score (nSPS) is 15.1. The number of benzene rings is 1. The molecule has 1 unspecified atom stereocenters. The quantitative estimate of drug-likeness (QED) is 0.564. The average molecular weight is 272 g/mol. The second-order valence-corrected chi connectivity index (χ2v) is 6.61. The lowest BCUT2D eigenvalue weighted by molar-refractivity contribution is 0.687. The maximum atomic E-state index is 12.7. The molecule has 0 fully saturated rings. The molecule has 19 heavy (non-hydrogen) atoms. The molecular weight excluding hydrogens is 252 g/mol. The second-order valence-electron chi connectivity index (χ2n) is 4.23. The van der Waals surface area contributed by atoms with Crippen molar-refractivity contribution in [2.75, 3.05) is 5.75 Å². The fourth-order valence-corrected chi connectivity index (χ4v) is 3.33. The highest BCUT2D eigenvalue weighted by Gasteiger charge is 2.11. The molecule has 1 aromatic carbocycles. The van der Waals surface area contributed by atoms with Gasteiger partial charge in [-0.3, -0.25) is 4.21 Å². The lowest BCUT2D eigenvalue weighted by Crippen LogP contribution is -2.09. The lowest BCUT2D eigenvalue weighted by atomic mass is 10.1. The number of allylic oxidation sites excluding steroid dienone is 4. The minimum Gasteiger partial charge on any atom is -0.263 e. The standard InChI is InChI=1S/C17H20OS/c1-5-10-17(11-6-2)19(4,18)14-15(3)16-12-8-7-9-13-16/h5-13H,1,3-4,14H2,2H3/b11-6-,17-10+. The van der Waals surface area contributed by atoms with Crippen LogP contribution < -0.4 is 0 Å². The van der Waals surface area contributed by atoms with Gasteiger partial charge in [-0.05, 0) is 30.0 Å². The van der Waals surface area contributed by atoms with Crippen molar-refractivity contribution in [3.63, 3.8) is 0 Å². The summed E-state index contributed by atoms with van der Waals surface area (Å²) in [5.41, 5.74) is 1.83. The van der Waals surface area contributed by atoms with Gasteiger partial charge in [0.05, 0.1) is 0 Å². The highest BCUT2D eigenvalue weighted by molar-refractivity contribution is 8.04. The molecule has 0 saturated carbocycles. The summed E-state index contributed by atoms with van der Waals surface area (Å²) >= 11 is 0. The van der Waals surface area contributed by atoms with Gasteiger partial charge in [0.1, 0.15) is 0 Å². The zero-order chi connectivity index (χ0) is 14.3. The Morgan fingerprint density at radius 3 is 2.47 bits per heavy atom. The Kier molecular flexibility index (Phi) is 5.58. The van der Waals surface area contributed by atoms with Gasteiger partial charge in [0.15, 0.2) is 0 Å². The lowest BCUT2D eigenvalue weighted by Gasteiger charge is -2.12. The van der Waals surface area contributed by atoms with Gasteiger partial charge in [0.2, 0.25) is 0 Å². The first-order chi connectivity index (χ1) is 9.01. The van der Waals surface area contributed by atoms with Crippen LogP contribution in [0.15, 0.2) is 72.7 Å². The SMILES string of the molecule is C=C/C=C(\C=C/C)S(=C)(=O)CC(=C)c1ccccc1. The van der Waals surface area contributed by atoms with Gasteiger partial charge in [-0.25, -0.2) is 0 Å². The molecule has 0 aliphatic rings. The maximum Gasteiger partial charge on any atom is 0.0452 e. The van der Waals surface area contributed by atoms with Crippen molar-refractivity contribution >= 4 is 21.0 Å². The minimum atomic E-state index is -2.39. The van der Waals surface area contributed by atoms with Gasteiger partial charge in [-0.2, -0.15) is 0 Å². The van der Waals surface area contributed by atoms with E-state index in [1.807, 2.05) is 49.4 Å². The van der Waals surface area contributed by atoms with Crippen LogP contribution in [0.5, 0.6) is 0 Å². The predicted molar refractivity (Wildman–Crippen MR) is 88.7 cm³/mol. The molecule has 0 bridgehead atoms. The van der Waals surface area contributed by atoms with E-state index in [0.717, 1.165) is 11.1 Å². The molecule has 1 rings (SSSR count). The van der Waals surface area contributed by atoms with Crippen LogP contribution in [0.4, 0.5) is 0 Å². The molecule has 0 N–H and O–H groups in total. The van der Waals surface area contributed by atoms with Gasteiger partial charge in [0, 0.05) is 20.2 Å². The van der Waals surface area contributed by atoms with E-state index >= 15 is 0 Å². The second kappa shape index (κ2) is 6.95. The van der Waals surface area contributed by atoms with Crippen LogP contribution in [-0.2, 0) is 9.52 Å². The van der Waals surface area contributed by atoms with Crippen molar-refractivity contribution in [2.45, 2.75) is 6.92 Å². The van der Waals surface area contributed by atoms with Crippen molar-refractivity contribution in [3.05, 3.63) is 78.3 Å². The van der Waals surface area contributed by atoms with Crippen LogP contribution in [0.2, 0.25) is 0 Å². The van der Waals surface area contributed by atoms with Crippen LogP contribution >= 0.6 is 0 Å². The summed E-state index contributed by atoms with van der Waals surface area (Å²) in [6.07, 6.45) is 7.04. The molecule has 0 saturated heterocycles. The van der Waals surface area contributed by atoms with Crippen molar-refractivity contribution in [2.24, 2.45) is 0 Å². The predicted octanol–water partition coefficient (Wildman–Crippen LogP) is 4.06. The fraction of sp³-hybridized carbons (Fsp3) is 0.118. The molecule has 0 aliphatic heterocycles. The highest BCUT2D eigenvalue weighted by Crippen LogP contribution is 2.19. The largest absolute Gasteiger partial charge is 0.263 e. The molecule has 1 nitrogen and oxygen atoms in total. The highest BCUT2D eigenvalue weighted by atomic mass is 32.2. The molecular formula is C17H20OS. The molecule has 0 aromatic heterocycles. The van der Waals surface area contributed by atoms with Crippen LogP contribution in [0.3, 0.4) is 0 Å². The summed E-state index contributed by atoms with van der Waals surface area (Å²) in [5.74, 6) is 4.22. The summed E-state index contributed by atoms with van der Waals surface area (Å²) in [5, 5.41) is 0. The van der Waals surface area contributed by atoms with Crippen LogP contribution in [0.1, 0.15) is 12.5 Å². The van der Waals surface area contributed by atoms with E-state index in [1.165, 1.54) is 0 Å². The van der Waals surface area contributed by atoms with E-state index in [2.05, 4.69) is 19.0 Å². The van der Waals surface area contributed by atoms with E-state index in [9.17, 15) is 4.21 Å². The average Bonchev–Trinajstić information content (AvgIpc) is 2.39. The van der Waals surface area contributed by atoms with Crippen LogP contribution in [-0.4, -0.2) is 15.8 Å². The monoisotopic (exact) mass is 272 g/mol. The zero-order valence-electron chi connectivity index (χ0n) is 11.3. The summed E-state index contributed by atoms with van der Waals surface area (Å²) in [7, 11) is -2.39. The number of hydrogen-bond donors (Lipinski definition) is 0. The van der Waals surface area contributed by atoms with E-state index in [0.29, 0.717) is 10.7 Å². The van der Waals surface area contributed by atoms with Gasteiger partial charge in [0.25, 0.3) is 0 Å². The Morgan fingerprint density at radius 1 is 1.32 bits per heavy atom. The topological polar surface area (TPSA) is 17.1 Å². The molecule has 2 heteroatoms. The van der Waals surface area contributed by atoms with E-state index in [1.54, 1.807) is 12.2 Å². The van der Waals surface area contributed by atoms with Crippen molar-refractivity contribution < 1.29 is 4.21 Å². The summed E-state index contributed by atoms with van der Waals surface area (Å²) in [6.45, 7) is 9.55. The summed E-state index contributed by atoms with van der Waals surface area (Å²) in [6, 6.07) is 9.76. The number of rotatable bonds is 6. The number of hydrogen-bond acceptors (Lipinski definition) is 1. The minimum absolute atomic E-state index is 0.348. The summed E-state index contributed by atoms with van der Waals surface area (Å²) in [4.78, 5) is 0.696. The third-order valence-corrected chi connectivity index (χ3v) is 4.58. The van der Waals surface area contributed by atoms with Gasteiger partial charge in [-0.1, -0.05) is 61.7 Å². The van der Waals surface area contributed by atoms with E-state index in [-0.39, 0.29) is 0 Å². The van der Waals surface area contributed by atoms with Gasteiger partial charge in [-0.15, -0.1) is 0 Å². The molecule has 1 aromatic rings. The van der Waals surface area contributed by atoms with Gasteiger partial charge >= 0.3 is 0 Å². The van der Waals surface area contributed by atoms with Crippen molar-refractivity contribution in [1.29, 1.82) is 0 Å². The molecule has 1 atom stereocenters. The first-order valence-electron chi connectivity index (χ1n) is 6.05. The van der Waals surface area contributed by atoms with E-state index in [4.69, 9.17) is 0 Å². The third kappa shape index (κ3) is 4.42. The Morgan fingerprint density at radius 2 is 1.95 bits per heavy atom. The fourth-order valence-electron chi connectivity index (χ4n) is 1.71. The Bertz CT molecular complexity index is 602. The first-order valence-corrected chi connectivity index (χ1v) is 7.94. The van der Waals surface area contributed by atoms with Crippen LogP contribution in [0.25, 0.3) is 5.57 Å². The molecule has 0 radical (unpaired) electrons. The molecule has 0 heterocycles. The van der Waals surface area contributed by atoms with Gasteiger partial charge < -0.3 is 0 Å². The van der Waals surface area contributed by atoms with Crippen molar-refractivity contribution in [1.82, 2.24) is 0 Å². The van der Waals surface area contributed by atoms with E-state index < -0.39 is 9.52 Å². The molecule has 0 aliphatic carbocycles. The maximum absolute atomic E-state index is 12.7. The zero-order valence-corrected chi connectivity index (χ0v) is 12.2.